The van der Waals surface area contributed by atoms with E-state index in [1.54, 1.807) is 6.92 Å². The van der Waals surface area contributed by atoms with E-state index < -0.39 is 0 Å². The van der Waals surface area contributed by atoms with Crippen molar-refractivity contribution in [1.82, 2.24) is 0 Å². The van der Waals surface area contributed by atoms with Crippen molar-refractivity contribution in [2.24, 2.45) is 5.92 Å². The summed E-state index contributed by atoms with van der Waals surface area (Å²) in [6.45, 7) is 4.35. The molecule has 3 heteroatoms. The molecule has 1 rings (SSSR count). The minimum Gasteiger partial charge on any atom is -0.353 e. The first-order valence-electron chi connectivity index (χ1n) is 3.46. The van der Waals surface area contributed by atoms with E-state index in [2.05, 4.69) is 0 Å². The molecule has 1 saturated heterocycles. The normalized spacial score (nSPS) is 41.2. The first-order chi connectivity index (χ1) is 4.74. The highest BCUT2D eigenvalue weighted by Gasteiger charge is 2.25. The van der Waals surface area contributed by atoms with Gasteiger partial charge in [-0.1, -0.05) is 6.92 Å². The second-order valence-corrected chi connectivity index (χ2v) is 2.62. The summed E-state index contributed by atoms with van der Waals surface area (Å²) in [7, 11) is 0. The van der Waals surface area contributed by atoms with Crippen molar-refractivity contribution in [3.63, 3.8) is 0 Å². The molecule has 58 valence electrons. The second-order valence-electron chi connectivity index (χ2n) is 2.62. The van der Waals surface area contributed by atoms with Gasteiger partial charge >= 0.3 is 0 Å². The Morgan fingerprint density at radius 1 is 1.50 bits per heavy atom. The maximum Gasteiger partial charge on any atom is 0.155 e. The molecule has 3 nitrogen and oxygen atoms in total. The van der Waals surface area contributed by atoms with Gasteiger partial charge in [-0.05, 0) is 6.92 Å². The molecular formula is C7H12O3. The summed E-state index contributed by atoms with van der Waals surface area (Å²) in [4.78, 5) is 10.3. The van der Waals surface area contributed by atoms with Crippen molar-refractivity contribution in [2.75, 3.05) is 6.61 Å². The van der Waals surface area contributed by atoms with Crippen molar-refractivity contribution in [1.29, 1.82) is 0 Å². The quantitative estimate of drug-likeness (QED) is 0.505. The predicted molar refractivity (Wildman–Crippen MR) is 35.5 cm³/mol. The third-order valence-corrected chi connectivity index (χ3v) is 1.64. The van der Waals surface area contributed by atoms with Gasteiger partial charge in [0.2, 0.25) is 0 Å². The molecule has 1 unspecified atom stereocenters. The van der Waals surface area contributed by atoms with E-state index in [4.69, 9.17) is 9.47 Å². The highest BCUT2D eigenvalue weighted by molar-refractivity contribution is 5.56. The molecule has 0 amide bonds. The zero-order valence-electron chi connectivity index (χ0n) is 6.24. The average Bonchev–Trinajstić information content (AvgIpc) is 1.94. The molecule has 1 fully saturated rings. The van der Waals surface area contributed by atoms with Gasteiger partial charge in [-0.2, -0.15) is 0 Å². The molecule has 1 heterocycles. The lowest BCUT2D eigenvalue weighted by molar-refractivity contribution is -0.217. The van der Waals surface area contributed by atoms with Gasteiger partial charge in [0.1, 0.15) is 12.4 Å². The molecule has 3 atom stereocenters. The fourth-order valence-electron chi connectivity index (χ4n) is 0.943. The van der Waals surface area contributed by atoms with Crippen molar-refractivity contribution in [2.45, 2.75) is 26.2 Å². The molecule has 0 aromatic rings. The molecule has 1 aliphatic rings. The van der Waals surface area contributed by atoms with Crippen molar-refractivity contribution in [3.8, 4) is 0 Å². The van der Waals surface area contributed by atoms with Crippen LogP contribution in [-0.4, -0.2) is 25.3 Å². The first kappa shape index (κ1) is 7.69. The fourth-order valence-corrected chi connectivity index (χ4v) is 0.943. The van der Waals surface area contributed by atoms with Gasteiger partial charge in [0.15, 0.2) is 6.29 Å². The monoisotopic (exact) mass is 144 g/mol. The number of hydrogen-bond donors (Lipinski definition) is 0. The van der Waals surface area contributed by atoms with Crippen molar-refractivity contribution >= 4 is 6.29 Å². The lowest BCUT2D eigenvalue weighted by Gasteiger charge is -2.29. The molecule has 0 aromatic heterocycles. The average molecular weight is 144 g/mol. The zero-order valence-corrected chi connectivity index (χ0v) is 6.24. The Hall–Kier alpha value is -0.410. The minimum absolute atomic E-state index is 0.189. The maximum absolute atomic E-state index is 10.3. The summed E-state index contributed by atoms with van der Waals surface area (Å²) in [5.74, 6) is 0.189. The molecule has 0 saturated carbocycles. The fraction of sp³-hybridized carbons (Fsp3) is 0.857. The number of aldehydes is 1. The SMILES string of the molecule is C[C@H]1OC[C@@H](C)C(C=O)O1. The van der Waals surface area contributed by atoms with Crippen LogP contribution in [0.4, 0.5) is 0 Å². The smallest absolute Gasteiger partial charge is 0.155 e. The van der Waals surface area contributed by atoms with E-state index in [1.165, 1.54) is 0 Å². The van der Waals surface area contributed by atoms with E-state index in [9.17, 15) is 4.79 Å². The Balaban J connectivity index is 2.45. The Kier molecular flexibility index (Phi) is 2.40. The van der Waals surface area contributed by atoms with Gasteiger partial charge in [0.25, 0.3) is 0 Å². The van der Waals surface area contributed by atoms with E-state index in [-0.39, 0.29) is 18.3 Å². The van der Waals surface area contributed by atoms with E-state index in [1.807, 2.05) is 6.92 Å². The van der Waals surface area contributed by atoms with Crippen LogP contribution in [0.2, 0.25) is 0 Å². The summed E-state index contributed by atoms with van der Waals surface area (Å²) < 4.78 is 10.3. The molecule has 0 radical (unpaired) electrons. The molecule has 10 heavy (non-hydrogen) atoms. The lowest BCUT2D eigenvalue weighted by Crippen LogP contribution is -2.38. The zero-order chi connectivity index (χ0) is 7.56. The Morgan fingerprint density at radius 3 is 2.70 bits per heavy atom. The molecule has 0 N–H and O–H groups in total. The molecule has 0 aliphatic carbocycles. The summed E-state index contributed by atoms with van der Waals surface area (Å²) in [6, 6.07) is 0. The molecule has 0 bridgehead atoms. The third kappa shape index (κ3) is 1.55. The summed E-state index contributed by atoms with van der Waals surface area (Å²) in [5, 5.41) is 0. The number of rotatable bonds is 1. The predicted octanol–water partition coefficient (Wildman–Crippen LogP) is 0.583. The van der Waals surface area contributed by atoms with Crippen LogP contribution < -0.4 is 0 Å². The van der Waals surface area contributed by atoms with Crippen LogP contribution in [0.5, 0.6) is 0 Å². The van der Waals surface area contributed by atoms with Gasteiger partial charge in [-0.3, -0.25) is 0 Å². The Labute approximate surface area is 60.3 Å². The van der Waals surface area contributed by atoms with Crippen LogP contribution in [-0.2, 0) is 14.3 Å². The molecule has 1 aliphatic heterocycles. The third-order valence-electron chi connectivity index (χ3n) is 1.64. The van der Waals surface area contributed by atoms with Crippen LogP contribution >= 0.6 is 0 Å². The van der Waals surface area contributed by atoms with Crippen molar-refractivity contribution < 1.29 is 14.3 Å². The number of hydrogen-bond acceptors (Lipinski definition) is 3. The van der Waals surface area contributed by atoms with Gasteiger partial charge in [-0.25, -0.2) is 0 Å². The van der Waals surface area contributed by atoms with Gasteiger partial charge in [0.05, 0.1) is 6.61 Å². The van der Waals surface area contributed by atoms with E-state index >= 15 is 0 Å². The van der Waals surface area contributed by atoms with Crippen LogP contribution in [0.15, 0.2) is 0 Å². The molecule has 0 spiro atoms. The standard InChI is InChI=1S/C7H12O3/c1-5-4-9-6(2)10-7(5)3-8/h3,5-7H,4H2,1-2H3/t5-,6+,7?/m1/s1. The number of carbonyl (C=O) groups excluding carboxylic acids is 1. The Bertz CT molecular complexity index is 124. The second kappa shape index (κ2) is 3.12. The van der Waals surface area contributed by atoms with Crippen LogP contribution in [0.25, 0.3) is 0 Å². The van der Waals surface area contributed by atoms with E-state index in [0.717, 1.165) is 6.29 Å². The summed E-state index contributed by atoms with van der Waals surface area (Å²) >= 11 is 0. The minimum atomic E-state index is -0.274. The largest absolute Gasteiger partial charge is 0.353 e. The highest BCUT2D eigenvalue weighted by Crippen LogP contribution is 2.15. The van der Waals surface area contributed by atoms with Crippen molar-refractivity contribution in [3.05, 3.63) is 0 Å². The summed E-state index contributed by atoms with van der Waals surface area (Å²) in [5.41, 5.74) is 0. The maximum atomic E-state index is 10.3. The number of carbonyl (C=O) groups is 1. The number of ether oxygens (including phenoxy) is 2. The van der Waals surface area contributed by atoms with Gasteiger partial charge in [0, 0.05) is 5.92 Å². The van der Waals surface area contributed by atoms with E-state index in [0.29, 0.717) is 6.61 Å². The molecular weight excluding hydrogens is 132 g/mol. The first-order valence-corrected chi connectivity index (χ1v) is 3.46. The topological polar surface area (TPSA) is 35.5 Å². The molecule has 0 aromatic carbocycles. The van der Waals surface area contributed by atoms with Gasteiger partial charge in [-0.15, -0.1) is 0 Å². The van der Waals surface area contributed by atoms with Crippen LogP contribution in [0.3, 0.4) is 0 Å². The lowest BCUT2D eigenvalue weighted by atomic mass is 10.1. The van der Waals surface area contributed by atoms with Crippen LogP contribution in [0.1, 0.15) is 13.8 Å². The van der Waals surface area contributed by atoms with Crippen LogP contribution in [0, 0.1) is 5.92 Å². The summed E-state index contributed by atoms with van der Waals surface area (Å²) in [6.07, 6.45) is 0.332. The highest BCUT2D eigenvalue weighted by atomic mass is 16.7. The van der Waals surface area contributed by atoms with Gasteiger partial charge < -0.3 is 14.3 Å². The Morgan fingerprint density at radius 2 is 2.20 bits per heavy atom.